The molecular weight excluding hydrogens is 262 g/mol. The minimum Gasteiger partial charge on any atom is -0.352 e. The Morgan fingerprint density at radius 1 is 1.28 bits per heavy atom. The molecule has 1 aromatic carbocycles. The van der Waals surface area contributed by atoms with Crippen LogP contribution in [0, 0.1) is 17.6 Å². The molecule has 1 unspecified atom stereocenters. The van der Waals surface area contributed by atoms with Crippen LogP contribution in [0.3, 0.4) is 0 Å². The van der Waals surface area contributed by atoms with Crippen molar-refractivity contribution in [1.82, 2.24) is 10.6 Å². The van der Waals surface area contributed by atoms with Crippen LogP contribution in [0.25, 0.3) is 0 Å². The van der Waals surface area contributed by atoms with E-state index in [1.165, 1.54) is 6.07 Å². The Morgan fingerprint density at radius 3 is 2.50 bits per heavy atom. The normalized spacial score (nSPS) is 11.6. The standard InChI is InChI=1S/C12H16F2N2O.ClH/c1-8(6-15-2)7-16-12(17)9-3-4-10(13)11(14)5-9;/h3-5,8,15H,6-7H2,1-2H3,(H,16,17);1H. The first-order valence-electron chi connectivity index (χ1n) is 5.42. The Kier molecular flexibility index (Phi) is 7.47. The van der Waals surface area contributed by atoms with Gasteiger partial charge in [0.05, 0.1) is 0 Å². The van der Waals surface area contributed by atoms with Crippen molar-refractivity contribution in [1.29, 1.82) is 0 Å². The zero-order valence-electron chi connectivity index (χ0n) is 10.3. The highest BCUT2D eigenvalue weighted by molar-refractivity contribution is 5.94. The Labute approximate surface area is 111 Å². The highest BCUT2D eigenvalue weighted by Gasteiger charge is 2.10. The van der Waals surface area contributed by atoms with E-state index in [1.54, 1.807) is 0 Å². The number of nitrogens with one attached hydrogen (secondary N) is 2. The van der Waals surface area contributed by atoms with Crippen molar-refractivity contribution in [3.63, 3.8) is 0 Å². The molecule has 0 aliphatic heterocycles. The minimum absolute atomic E-state index is 0. The molecule has 0 aliphatic rings. The zero-order valence-corrected chi connectivity index (χ0v) is 11.1. The first-order valence-corrected chi connectivity index (χ1v) is 5.42. The molecule has 18 heavy (non-hydrogen) atoms. The van der Waals surface area contributed by atoms with Gasteiger partial charge in [0.1, 0.15) is 0 Å². The lowest BCUT2D eigenvalue weighted by Crippen LogP contribution is -2.32. The molecule has 0 bridgehead atoms. The molecule has 3 nitrogen and oxygen atoms in total. The summed E-state index contributed by atoms with van der Waals surface area (Å²) in [6.07, 6.45) is 0. The fourth-order valence-corrected chi connectivity index (χ4v) is 1.43. The van der Waals surface area contributed by atoms with E-state index in [2.05, 4.69) is 10.6 Å². The largest absolute Gasteiger partial charge is 0.352 e. The highest BCUT2D eigenvalue weighted by Crippen LogP contribution is 2.08. The van der Waals surface area contributed by atoms with Crippen molar-refractivity contribution in [3.05, 3.63) is 35.4 Å². The molecule has 1 atom stereocenters. The maximum atomic E-state index is 12.9. The van der Waals surface area contributed by atoms with Gasteiger partial charge in [0.2, 0.25) is 0 Å². The molecule has 1 rings (SSSR count). The van der Waals surface area contributed by atoms with Crippen molar-refractivity contribution < 1.29 is 13.6 Å². The van der Waals surface area contributed by atoms with Crippen LogP contribution in [0.1, 0.15) is 17.3 Å². The topological polar surface area (TPSA) is 41.1 Å². The second-order valence-electron chi connectivity index (χ2n) is 4.00. The van der Waals surface area contributed by atoms with Crippen molar-refractivity contribution in [3.8, 4) is 0 Å². The lowest BCUT2D eigenvalue weighted by molar-refractivity contribution is 0.0947. The van der Waals surface area contributed by atoms with Crippen LogP contribution in [0.5, 0.6) is 0 Å². The molecule has 6 heteroatoms. The van der Waals surface area contributed by atoms with E-state index in [-0.39, 0.29) is 23.9 Å². The quantitative estimate of drug-likeness (QED) is 0.865. The molecule has 1 amide bonds. The Bertz CT molecular complexity index is 402. The number of benzene rings is 1. The van der Waals surface area contributed by atoms with Crippen LogP contribution in [0.4, 0.5) is 8.78 Å². The van der Waals surface area contributed by atoms with E-state index in [4.69, 9.17) is 0 Å². The van der Waals surface area contributed by atoms with Crippen LogP contribution in [-0.4, -0.2) is 26.0 Å². The summed E-state index contributed by atoms with van der Waals surface area (Å²) in [7, 11) is 1.83. The minimum atomic E-state index is -1.01. The highest BCUT2D eigenvalue weighted by atomic mass is 35.5. The second kappa shape index (κ2) is 8.00. The smallest absolute Gasteiger partial charge is 0.251 e. The van der Waals surface area contributed by atoms with Crippen LogP contribution in [-0.2, 0) is 0 Å². The number of halogens is 3. The SMILES string of the molecule is CNCC(C)CNC(=O)c1ccc(F)c(F)c1.Cl. The monoisotopic (exact) mass is 278 g/mol. The summed E-state index contributed by atoms with van der Waals surface area (Å²) in [5.41, 5.74) is 0.126. The van der Waals surface area contributed by atoms with Gasteiger partial charge in [-0.15, -0.1) is 12.4 Å². The summed E-state index contributed by atoms with van der Waals surface area (Å²) in [4.78, 5) is 11.6. The number of carbonyl (C=O) groups is 1. The molecule has 0 aliphatic carbocycles. The molecule has 2 N–H and O–H groups in total. The maximum Gasteiger partial charge on any atom is 0.251 e. The Hall–Kier alpha value is -1.20. The Balaban J connectivity index is 0.00000289. The fraction of sp³-hybridized carbons (Fsp3) is 0.417. The van der Waals surface area contributed by atoms with Crippen LogP contribution in [0.2, 0.25) is 0 Å². The van der Waals surface area contributed by atoms with Crippen molar-refractivity contribution in [2.45, 2.75) is 6.92 Å². The predicted octanol–water partition coefficient (Wildman–Crippen LogP) is 1.97. The van der Waals surface area contributed by atoms with Gasteiger partial charge in [-0.3, -0.25) is 4.79 Å². The molecule has 0 saturated heterocycles. The summed E-state index contributed by atoms with van der Waals surface area (Å²) < 4.78 is 25.6. The lowest BCUT2D eigenvalue weighted by atomic mass is 10.1. The zero-order chi connectivity index (χ0) is 12.8. The van der Waals surface area contributed by atoms with Crippen molar-refractivity contribution >= 4 is 18.3 Å². The first kappa shape index (κ1) is 16.8. The number of hydrogen-bond donors (Lipinski definition) is 2. The molecule has 0 saturated carbocycles. The summed E-state index contributed by atoms with van der Waals surface area (Å²) >= 11 is 0. The Morgan fingerprint density at radius 2 is 1.94 bits per heavy atom. The van der Waals surface area contributed by atoms with Gasteiger partial charge < -0.3 is 10.6 Å². The van der Waals surface area contributed by atoms with Gasteiger partial charge >= 0.3 is 0 Å². The van der Waals surface area contributed by atoms with E-state index >= 15 is 0 Å². The molecule has 0 spiro atoms. The van der Waals surface area contributed by atoms with E-state index in [0.717, 1.165) is 18.7 Å². The number of rotatable bonds is 5. The van der Waals surface area contributed by atoms with Gasteiger partial charge in [-0.25, -0.2) is 8.78 Å². The number of hydrogen-bond acceptors (Lipinski definition) is 2. The van der Waals surface area contributed by atoms with E-state index < -0.39 is 17.5 Å². The van der Waals surface area contributed by atoms with Gasteiger partial charge in [0.15, 0.2) is 11.6 Å². The third kappa shape index (κ3) is 4.98. The summed E-state index contributed by atoms with van der Waals surface area (Å²) in [6.45, 7) is 3.23. The third-order valence-electron chi connectivity index (χ3n) is 2.35. The maximum absolute atomic E-state index is 12.9. The van der Waals surface area contributed by atoms with Gasteiger partial charge in [0.25, 0.3) is 5.91 Å². The van der Waals surface area contributed by atoms with E-state index in [9.17, 15) is 13.6 Å². The van der Waals surface area contributed by atoms with Crippen molar-refractivity contribution in [2.75, 3.05) is 20.1 Å². The molecule has 1 aromatic rings. The third-order valence-corrected chi connectivity index (χ3v) is 2.35. The van der Waals surface area contributed by atoms with E-state index in [1.807, 2.05) is 14.0 Å². The average molecular weight is 279 g/mol. The van der Waals surface area contributed by atoms with Crippen LogP contribution < -0.4 is 10.6 Å². The molecule has 0 radical (unpaired) electrons. The predicted molar refractivity (Wildman–Crippen MR) is 69.0 cm³/mol. The van der Waals surface area contributed by atoms with Crippen LogP contribution in [0.15, 0.2) is 18.2 Å². The van der Waals surface area contributed by atoms with Gasteiger partial charge in [-0.1, -0.05) is 6.92 Å². The summed E-state index contributed by atoms with van der Waals surface area (Å²) in [5, 5.41) is 5.65. The van der Waals surface area contributed by atoms with Gasteiger partial charge in [-0.2, -0.15) is 0 Å². The summed E-state index contributed by atoms with van der Waals surface area (Å²) in [6, 6.07) is 3.10. The molecule has 102 valence electrons. The second-order valence-corrected chi connectivity index (χ2v) is 4.00. The molecule has 0 heterocycles. The molecule has 0 aromatic heterocycles. The first-order chi connectivity index (χ1) is 8.04. The van der Waals surface area contributed by atoms with Gasteiger partial charge in [-0.05, 0) is 37.7 Å². The van der Waals surface area contributed by atoms with Gasteiger partial charge in [0, 0.05) is 12.1 Å². The fourth-order valence-electron chi connectivity index (χ4n) is 1.43. The average Bonchev–Trinajstić information content (AvgIpc) is 2.30. The number of amides is 1. The van der Waals surface area contributed by atoms with Crippen LogP contribution >= 0.6 is 12.4 Å². The van der Waals surface area contributed by atoms with Crippen molar-refractivity contribution in [2.24, 2.45) is 5.92 Å². The summed E-state index contributed by atoms with van der Waals surface area (Å²) in [5.74, 6) is -2.09. The molecular formula is C12H17ClF2N2O. The lowest BCUT2D eigenvalue weighted by Gasteiger charge is -2.11. The van der Waals surface area contributed by atoms with E-state index in [0.29, 0.717) is 6.54 Å². The molecule has 0 fully saturated rings. The number of carbonyl (C=O) groups excluding carboxylic acids is 1.